The zero-order chi connectivity index (χ0) is 19.5. The lowest BCUT2D eigenvalue weighted by atomic mass is 10.0. The van der Waals surface area contributed by atoms with Crippen LogP contribution in [0.25, 0.3) is 21.0 Å². The second-order valence-corrected chi connectivity index (χ2v) is 7.27. The Labute approximate surface area is 167 Å². The van der Waals surface area contributed by atoms with Crippen LogP contribution in [0, 0.1) is 0 Å². The van der Waals surface area contributed by atoms with E-state index < -0.39 is 0 Å². The van der Waals surface area contributed by atoms with Gasteiger partial charge in [-0.15, -0.1) is 6.58 Å². The highest BCUT2D eigenvalue weighted by Crippen LogP contribution is 2.29. The predicted octanol–water partition coefficient (Wildman–Crippen LogP) is 5.18. The van der Waals surface area contributed by atoms with Gasteiger partial charge in [-0.1, -0.05) is 59.9 Å². The molecule has 0 aliphatic rings. The molecule has 0 atom stereocenters. The minimum Gasteiger partial charge on any atom is -0.493 e. The zero-order valence-electron chi connectivity index (χ0n) is 15.6. The fourth-order valence-electron chi connectivity index (χ4n) is 3.30. The molecule has 5 heteroatoms. The molecule has 1 heterocycles. The molecule has 0 N–H and O–H groups in total. The van der Waals surface area contributed by atoms with Crippen LogP contribution >= 0.6 is 11.3 Å². The van der Waals surface area contributed by atoms with Gasteiger partial charge in [0.1, 0.15) is 5.75 Å². The fourth-order valence-corrected chi connectivity index (χ4v) is 4.34. The third-order valence-electron chi connectivity index (χ3n) is 4.50. The van der Waals surface area contributed by atoms with E-state index in [1.54, 1.807) is 0 Å². The highest BCUT2D eigenvalue weighted by atomic mass is 32.1. The van der Waals surface area contributed by atoms with E-state index in [2.05, 4.69) is 11.6 Å². The number of para-hydroxylation sites is 1. The molecule has 0 saturated heterocycles. The lowest BCUT2D eigenvalue weighted by Gasteiger charge is -2.10. The minimum absolute atomic E-state index is 0.301. The van der Waals surface area contributed by atoms with Crippen molar-refractivity contribution in [3.05, 3.63) is 83.7 Å². The second-order valence-electron chi connectivity index (χ2n) is 6.26. The van der Waals surface area contributed by atoms with Gasteiger partial charge in [0.25, 0.3) is 5.91 Å². The van der Waals surface area contributed by atoms with Crippen molar-refractivity contribution in [2.24, 2.45) is 4.99 Å². The molecule has 0 aliphatic carbocycles. The van der Waals surface area contributed by atoms with Gasteiger partial charge >= 0.3 is 0 Å². The van der Waals surface area contributed by atoms with Crippen molar-refractivity contribution in [2.75, 3.05) is 6.61 Å². The maximum atomic E-state index is 13.3. The summed E-state index contributed by atoms with van der Waals surface area (Å²) in [7, 11) is 0. The number of ether oxygens (including phenoxy) is 1. The van der Waals surface area contributed by atoms with Crippen LogP contribution in [0.1, 0.15) is 17.3 Å². The van der Waals surface area contributed by atoms with Crippen LogP contribution in [0.5, 0.6) is 5.75 Å². The lowest BCUT2D eigenvalue weighted by molar-refractivity contribution is 0.0996. The quantitative estimate of drug-likeness (QED) is 0.442. The van der Waals surface area contributed by atoms with E-state index in [1.165, 1.54) is 11.3 Å². The van der Waals surface area contributed by atoms with Gasteiger partial charge in [-0.25, -0.2) is 0 Å². The van der Waals surface area contributed by atoms with Crippen molar-refractivity contribution in [2.45, 2.75) is 13.5 Å². The molecule has 3 aromatic carbocycles. The molecular weight excluding hydrogens is 368 g/mol. The van der Waals surface area contributed by atoms with Gasteiger partial charge in [0.15, 0.2) is 4.80 Å². The highest BCUT2D eigenvalue weighted by molar-refractivity contribution is 7.16. The minimum atomic E-state index is -0.301. The van der Waals surface area contributed by atoms with Gasteiger partial charge in [0, 0.05) is 6.54 Å². The summed E-state index contributed by atoms with van der Waals surface area (Å²) < 4.78 is 8.83. The Morgan fingerprint density at radius 2 is 1.93 bits per heavy atom. The van der Waals surface area contributed by atoms with Crippen LogP contribution in [0.4, 0.5) is 0 Å². The molecule has 1 aromatic heterocycles. The van der Waals surface area contributed by atoms with Gasteiger partial charge in [-0.2, -0.15) is 4.99 Å². The van der Waals surface area contributed by atoms with Crippen LogP contribution in [0.3, 0.4) is 0 Å². The molecule has 4 rings (SSSR count). The van der Waals surface area contributed by atoms with Crippen LogP contribution in [-0.2, 0) is 6.54 Å². The standard InChI is InChI=1S/C23H20N2O2S/c1-3-15-25-18-11-7-8-12-20(18)28-23(25)24-22(26)21-17-10-6-5-9-16(17)13-14-19(21)27-4-2/h3,5-14H,1,4,15H2,2H3. The number of thiazole rings is 1. The van der Waals surface area contributed by atoms with Crippen LogP contribution < -0.4 is 9.54 Å². The molecule has 140 valence electrons. The van der Waals surface area contributed by atoms with E-state index in [0.717, 1.165) is 21.0 Å². The van der Waals surface area contributed by atoms with Crippen molar-refractivity contribution < 1.29 is 9.53 Å². The Kier molecular flexibility index (Phi) is 5.08. The van der Waals surface area contributed by atoms with E-state index in [0.29, 0.717) is 29.3 Å². The lowest BCUT2D eigenvalue weighted by Crippen LogP contribution is -2.16. The molecule has 0 spiro atoms. The van der Waals surface area contributed by atoms with Gasteiger partial charge in [0.2, 0.25) is 0 Å². The topological polar surface area (TPSA) is 43.6 Å². The molecule has 28 heavy (non-hydrogen) atoms. The first kappa shape index (κ1) is 18.2. The Balaban J connectivity index is 1.94. The van der Waals surface area contributed by atoms with E-state index >= 15 is 0 Å². The number of hydrogen-bond donors (Lipinski definition) is 0. The van der Waals surface area contributed by atoms with E-state index in [-0.39, 0.29) is 5.91 Å². The third-order valence-corrected chi connectivity index (χ3v) is 5.56. The highest BCUT2D eigenvalue weighted by Gasteiger charge is 2.17. The molecule has 0 aliphatic heterocycles. The molecule has 0 fully saturated rings. The normalized spacial score (nSPS) is 11.8. The number of allylic oxidation sites excluding steroid dienone is 1. The summed E-state index contributed by atoms with van der Waals surface area (Å²) in [4.78, 5) is 18.4. The Morgan fingerprint density at radius 1 is 1.14 bits per heavy atom. The van der Waals surface area contributed by atoms with Gasteiger partial charge in [-0.05, 0) is 35.9 Å². The SMILES string of the molecule is C=CCn1c(=NC(=O)c2c(OCC)ccc3ccccc23)sc2ccccc21. The average molecular weight is 388 g/mol. The molecule has 4 nitrogen and oxygen atoms in total. The summed E-state index contributed by atoms with van der Waals surface area (Å²) in [6.07, 6.45) is 1.81. The number of amides is 1. The smallest absolute Gasteiger partial charge is 0.284 e. The largest absolute Gasteiger partial charge is 0.493 e. The number of hydrogen-bond acceptors (Lipinski definition) is 3. The van der Waals surface area contributed by atoms with Crippen molar-refractivity contribution >= 4 is 38.2 Å². The molecule has 0 bridgehead atoms. The Morgan fingerprint density at radius 3 is 2.75 bits per heavy atom. The third kappa shape index (κ3) is 3.25. The van der Waals surface area contributed by atoms with Crippen molar-refractivity contribution in [3.8, 4) is 5.75 Å². The van der Waals surface area contributed by atoms with E-state index in [4.69, 9.17) is 4.74 Å². The van der Waals surface area contributed by atoms with E-state index in [1.807, 2.05) is 78.2 Å². The number of benzene rings is 3. The summed E-state index contributed by atoms with van der Waals surface area (Å²) in [6.45, 7) is 6.82. The first-order chi connectivity index (χ1) is 13.7. The number of aromatic nitrogens is 1. The van der Waals surface area contributed by atoms with Gasteiger partial charge in [-0.3, -0.25) is 4.79 Å². The van der Waals surface area contributed by atoms with Gasteiger partial charge in [0.05, 0.1) is 22.4 Å². The van der Waals surface area contributed by atoms with Gasteiger partial charge < -0.3 is 9.30 Å². The number of carbonyl (C=O) groups excluding carboxylic acids is 1. The van der Waals surface area contributed by atoms with Crippen molar-refractivity contribution in [1.82, 2.24) is 4.57 Å². The summed E-state index contributed by atoms with van der Waals surface area (Å²) in [5.41, 5.74) is 1.55. The molecule has 0 saturated carbocycles. The molecule has 0 unspecified atom stereocenters. The average Bonchev–Trinajstić information content (AvgIpc) is 3.05. The molecule has 4 aromatic rings. The first-order valence-corrected chi connectivity index (χ1v) is 9.97. The first-order valence-electron chi connectivity index (χ1n) is 9.15. The van der Waals surface area contributed by atoms with Crippen LogP contribution in [0.15, 0.2) is 78.3 Å². The fraction of sp³-hybridized carbons (Fsp3) is 0.130. The van der Waals surface area contributed by atoms with E-state index in [9.17, 15) is 4.79 Å². The molecule has 1 amide bonds. The van der Waals surface area contributed by atoms with Crippen molar-refractivity contribution in [3.63, 3.8) is 0 Å². The summed E-state index contributed by atoms with van der Waals surface area (Å²) >= 11 is 1.50. The monoisotopic (exact) mass is 388 g/mol. The van der Waals surface area contributed by atoms with Crippen LogP contribution in [0.2, 0.25) is 0 Å². The second kappa shape index (κ2) is 7.82. The maximum Gasteiger partial charge on any atom is 0.284 e. The number of rotatable bonds is 5. The number of fused-ring (bicyclic) bond motifs is 2. The predicted molar refractivity (Wildman–Crippen MR) is 115 cm³/mol. The van der Waals surface area contributed by atoms with Crippen LogP contribution in [-0.4, -0.2) is 17.1 Å². The van der Waals surface area contributed by atoms with Crippen molar-refractivity contribution in [1.29, 1.82) is 0 Å². The Bertz CT molecular complexity index is 1250. The summed E-state index contributed by atoms with van der Waals surface area (Å²) in [5, 5.41) is 1.83. The number of nitrogens with zero attached hydrogens (tertiary/aromatic N) is 2. The summed E-state index contributed by atoms with van der Waals surface area (Å²) in [5.74, 6) is 0.260. The molecular formula is C23H20N2O2S. The Hall–Kier alpha value is -3.18. The number of carbonyl (C=O) groups is 1. The zero-order valence-corrected chi connectivity index (χ0v) is 16.4. The maximum absolute atomic E-state index is 13.3. The summed E-state index contributed by atoms with van der Waals surface area (Å²) in [6, 6.07) is 19.6. The molecule has 0 radical (unpaired) electrons.